The number of hydrogen-bond donors (Lipinski definition) is 0. The van der Waals surface area contributed by atoms with Gasteiger partial charge in [-0.1, -0.05) is 42.6 Å². The lowest BCUT2D eigenvalue weighted by molar-refractivity contribution is 0.803. The number of rotatable bonds is 3. The Kier molecular flexibility index (Phi) is 3.53. The Hall–Kier alpha value is -1.28. The minimum atomic E-state index is 0.681. The normalized spacial score (nSPS) is 10.8. The number of halogens is 1. The van der Waals surface area contributed by atoms with Crippen LogP contribution in [0.3, 0.4) is 0 Å². The standard InChI is InChI=1S/C14H17ClN2/c1-4-5-12-9-14(15)17(16-12)13-7-6-10(2)8-11(13)3/h6-9H,4-5H2,1-3H3. The Morgan fingerprint density at radius 2 is 2.00 bits per heavy atom. The molecule has 0 radical (unpaired) electrons. The monoisotopic (exact) mass is 248 g/mol. The van der Waals surface area contributed by atoms with Crippen LogP contribution in [-0.4, -0.2) is 9.78 Å². The highest BCUT2D eigenvalue weighted by molar-refractivity contribution is 6.29. The van der Waals surface area contributed by atoms with Crippen LogP contribution < -0.4 is 0 Å². The summed E-state index contributed by atoms with van der Waals surface area (Å²) in [5.74, 6) is 0. The zero-order chi connectivity index (χ0) is 12.4. The van der Waals surface area contributed by atoms with Crippen molar-refractivity contribution in [2.45, 2.75) is 33.6 Å². The fourth-order valence-corrected chi connectivity index (χ4v) is 2.25. The van der Waals surface area contributed by atoms with Gasteiger partial charge in [0.05, 0.1) is 11.4 Å². The van der Waals surface area contributed by atoms with Gasteiger partial charge in [-0.2, -0.15) is 5.10 Å². The summed E-state index contributed by atoms with van der Waals surface area (Å²) in [5.41, 5.74) is 4.56. The van der Waals surface area contributed by atoms with Gasteiger partial charge >= 0.3 is 0 Å². The van der Waals surface area contributed by atoms with Crippen LogP contribution in [0, 0.1) is 13.8 Å². The maximum Gasteiger partial charge on any atom is 0.133 e. The maximum absolute atomic E-state index is 6.23. The first-order valence-corrected chi connectivity index (χ1v) is 6.31. The van der Waals surface area contributed by atoms with Crippen LogP contribution in [0.15, 0.2) is 24.3 Å². The molecule has 0 fully saturated rings. The van der Waals surface area contributed by atoms with Crippen molar-refractivity contribution < 1.29 is 0 Å². The molecule has 3 heteroatoms. The van der Waals surface area contributed by atoms with Crippen molar-refractivity contribution in [3.8, 4) is 5.69 Å². The van der Waals surface area contributed by atoms with Crippen LogP contribution >= 0.6 is 11.6 Å². The SMILES string of the molecule is CCCc1cc(Cl)n(-c2ccc(C)cc2C)n1. The second-order valence-corrected chi connectivity index (χ2v) is 4.80. The Morgan fingerprint density at radius 3 is 2.65 bits per heavy atom. The summed E-state index contributed by atoms with van der Waals surface area (Å²) in [6.45, 7) is 6.31. The smallest absolute Gasteiger partial charge is 0.133 e. The van der Waals surface area contributed by atoms with Gasteiger partial charge in [0.2, 0.25) is 0 Å². The lowest BCUT2D eigenvalue weighted by Gasteiger charge is -2.07. The zero-order valence-electron chi connectivity index (χ0n) is 10.5. The average molecular weight is 249 g/mol. The molecular formula is C14H17ClN2. The summed E-state index contributed by atoms with van der Waals surface area (Å²) in [4.78, 5) is 0. The van der Waals surface area contributed by atoms with Crippen LogP contribution in [0.5, 0.6) is 0 Å². The molecule has 0 saturated carbocycles. The summed E-state index contributed by atoms with van der Waals surface area (Å²) >= 11 is 6.23. The van der Waals surface area contributed by atoms with Crippen molar-refractivity contribution in [1.82, 2.24) is 9.78 Å². The second-order valence-electron chi connectivity index (χ2n) is 4.41. The van der Waals surface area contributed by atoms with E-state index in [9.17, 15) is 0 Å². The third kappa shape index (κ3) is 2.52. The Morgan fingerprint density at radius 1 is 1.24 bits per heavy atom. The molecule has 0 unspecified atom stereocenters. The highest BCUT2D eigenvalue weighted by Crippen LogP contribution is 2.21. The van der Waals surface area contributed by atoms with Crippen molar-refractivity contribution >= 4 is 11.6 Å². The van der Waals surface area contributed by atoms with E-state index in [-0.39, 0.29) is 0 Å². The molecular weight excluding hydrogens is 232 g/mol. The van der Waals surface area contributed by atoms with Crippen LogP contribution in [-0.2, 0) is 6.42 Å². The molecule has 0 aliphatic carbocycles. The molecule has 0 amide bonds. The Balaban J connectivity index is 2.45. The first-order chi connectivity index (χ1) is 8.11. The van der Waals surface area contributed by atoms with Crippen molar-refractivity contribution in [1.29, 1.82) is 0 Å². The zero-order valence-corrected chi connectivity index (χ0v) is 11.3. The molecule has 1 aromatic carbocycles. The van der Waals surface area contributed by atoms with Crippen LogP contribution in [0.1, 0.15) is 30.2 Å². The first-order valence-electron chi connectivity index (χ1n) is 5.94. The number of nitrogens with zero attached hydrogens (tertiary/aromatic N) is 2. The molecule has 2 rings (SSSR count). The van der Waals surface area contributed by atoms with E-state index in [2.05, 4.69) is 44.1 Å². The number of aryl methyl sites for hydroxylation is 3. The fourth-order valence-electron chi connectivity index (χ4n) is 1.99. The van der Waals surface area contributed by atoms with Gasteiger partial charge in [0.1, 0.15) is 5.15 Å². The molecule has 0 spiro atoms. The molecule has 17 heavy (non-hydrogen) atoms. The van der Waals surface area contributed by atoms with E-state index in [0.29, 0.717) is 5.15 Å². The van der Waals surface area contributed by atoms with Gasteiger partial charge in [-0.15, -0.1) is 0 Å². The van der Waals surface area contributed by atoms with Crippen LogP contribution in [0.2, 0.25) is 5.15 Å². The van der Waals surface area contributed by atoms with Gasteiger partial charge in [0.15, 0.2) is 0 Å². The highest BCUT2D eigenvalue weighted by atomic mass is 35.5. The summed E-state index contributed by atoms with van der Waals surface area (Å²) in [6.07, 6.45) is 2.05. The van der Waals surface area contributed by atoms with Crippen LogP contribution in [0.4, 0.5) is 0 Å². The molecule has 0 bridgehead atoms. The lowest BCUT2D eigenvalue weighted by atomic mass is 10.1. The van der Waals surface area contributed by atoms with E-state index < -0.39 is 0 Å². The summed E-state index contributed by atoms with van der Waals surface area (Å²) in [7, 11) is 0. The van der Waals surface area contributed by atoms with Crippen molar-refractivity contribution in [2.24, 2.45) is 0 Å². The van der Waals surface area contributed by atoms with Gasteiger partial charge in [0.25, 0.3) is 0 Å². The average Bonchev–Trinajstić information content (AvgIpc) is 2.60. The summed E-state index contributed by atoms with van der Waals surface area (Å²) < 4.78 is 1.82. The third-order valence-electron chi connectivity index (χ3n) is 2.80. The van der Waals surface area contributed by atoms with Gasteiger partial charge < -0.3 is 0 Å². The van der Waals surface area contributed by atoms with Crippen molar-refractivity contribution in [3.05, 3.63) is 46.2 Å². The van der Waals surface area contributed by atoms with E-state index in [1.165, 1.54) is 11.1 Å². The molecule has 0 atom stereocenters. The van der Waals surface area contributed by atoms with E-state index in [4.69, 9.17) is 11.6 Å². The maximum atomic E-state index is 6.23. The predicted molar refractivity (Wildman–Crippen MR) is 72.0 cm³/mol. The first kappa shape index (κ1) is 12.2. The van der Waals surface area contributed by atoms with E-state index in [0.717, 1.165) is 24.2 Å². The molecule has 0 aliphatic rings. The molecule has 0 aliphatic heterocycles. The molecule has 0 saturated heterocycles. The molecule has 1 aromatic heterocycles. The third-order valence-corrected chi connectivity index (χ3v) is 3.07. The molecule has 90 valence electrons. The minimum absolute atomic E-state index is 0.681. The molecule has 2 nitrogen and oxygen atoms in total. The molecule has 2 aromatic rings. The van der Waals surface area contributed by atoms with E-state index >= 15 is 0 Å². The van der Waals surface area contributed by atoms with Crippen LogP contribution in [0.25, 0.3) is 5.69 Å². The van der Waals surface area contributed by atoms with Gasteiger partial charge in [-0.25, -0.2) is 4.68 Å². The number of hydrogen-bond acceptors (Lipinski definition) is 1. The minimum Gasteiger partial charge on any atom is -0.222 e. The quantitative estimate of drug-likeness (QED) is 0.800. The van der Waals surface area contributed by atoms with Crippen molar-refractivity contribution in [2.75, 3.05) is 0 Å². The lowest BCUT2D eigenvalue weighted by Crippen LogP contribution is -2.00. The van der Waals surface area contributed by atoms with E-state index in [1.54, 1.807) is 0 Å². The summed E-state index contributed by atoms with van der Waals surface area (Å²) in [5, 5.41) is 5.23. The Bertz CT molecular complexity index is 529. The number of aromatic nitrogens is 2. The number of benzene rings is 1. The fraction of sp³-hybridized carbons (Fsp3) is 0.357. The highest BCUT2D eigenvalue weighted by Gasteiger charge is 2.09. The van der Waals surface area contributed by atoms with E-state index in [1.807, 2.05) is 10.7 Å². The summed E-state index contributed by atoms with van der Waals surface area (Å²) in [6, 6.07) is 8.25. The predicted octanol–water partition coefficient (Wildman–Crippen LogP) is 4.10. The van der Waals surface area contributed by atoms with Gasteiger partial charge in [-0.05, 0) is 38.0 Å². The molecule has 1 heterocycles. The molecule has 0 N–H and O–H groups in total. The van der Waals surface area contributed by atoms with Gasteiger partial charge in [0, 0.05) is 0 Å². The van der Waals surface area contributed by atoms with Crippen molar-refractivity contribution in [3.63, 3.8) is 0 Å². The second kappa shape index (κ2) is 4.92. The topological polar surface area (TPSA) is 17.8 Å². The van der Waals surface area contributed by atoms with Gasteiger partial charge in [-0.3, -0.25) is 0 Å². The Labute approximate surface area is 107 Å². The largest absolute Gasteiger partial charge is 0.222 e.